The Labute approximate surface area is 510 Å². The van der Waals surface area contributed by atoms with Gasteiger partial charge in [0.2, 0.25) is 23.0 Å². The number of rotatable bonds is 33. The first-order chi connectivity index (χ1) is 42.0. The first kappa shape index (κ1) is 63.4. The smallest absolute Gasteiger partial charge is 0.203 e. The Kier molecular flexibility index (Phi) is 23.2. The minimum atomic E-state index is 0.210. The van der Waals surface area contributed by atoms with Crippen LogP contribution < -0.4 is 56.8 Å². The van der Waals surface area contributed by atoms with E-state index in [2.05, 4.69) is 97.1 Å². The van der Waals surface area contributed by atoms with Gasteiger partial charge in [0.15, 0.2) is 46.0 Å². The van der Waals surface area contributed by atoms with Crippen molar-refractivity contribution in [2.75, 3.05) is 85.3 Å². The van der Waals surface area contributed by atoms with E-state index in [1.54, 1.807) is 85.3 Å². The standard InChI is InChI=1S/C74H86O12/c1-75-63-41-56(42-64(76-2)71(63)83-9)29-21-49-13-15-52(16-14-49)35-38-61(39-54-25-17-50(18-26-54)22-30-57-43-65(77-3)72(84-10)66(44-57)78-4)62(60-36-33-53(34-37-60)24-32-59-47-69(81-7)74(86-12)70(48-59)82-8)40-55-27-19-51(20-28-55)23-31-58-45-67(79-5)73(85-11)68(46-58)80-6/h13-20,25-28,33-34,36-37,41-48,61-62H,21-24,29-32,35,38-40H2,1-12H3/t61-,62+/m0/s1. The monoisotopic (exact) mass is 1170 g/mol. The Morgan fingerprint density at radius 2 is 0.430 bits per heavy atom. The Hall–Kier alpha value is -8.64. The minimum Gasteiger partial charge on any atom is -0.493 e. The van der Waals surface area contributed by atoms with Crippen molar-refractivity contribution in [1.82, 2.24) is 0 Å². The van der Waals surface area contributed by atoms with E-state index in [-0.39, 0.29) is 5.92 Å². The van der Waals surface area contributed by atoms with Crippen LogP contribution in [0.1, 0.15) is 79.1 Å². The first-order valence-electron chi connectivity index (χ1n) is 29.5. The molecule has 0 spiro atoms. The van der Waals surface area contributed by atoms with Crippen LogP contribution in [-0.4, -0.2) is 85.3 Å². The van der Waals surface area contributed by atoms with Crippen LogP contribution in [0.25, 0.3) is 0 Å². The molecule has 12 heteroatoms. The molecule has 0 aliphatic heterocycles. The van der Waals surface area contributed by atoms with Crippen molar-refractivity contribution in [3.05, 3.63) is 212 Å². The number of hydrogen-bond donors (Lipinski definition) is 0. The zero-order valence-electron chi connectivity index (χ0n) is 52.4. The van der Waals surface area contributed by atoms with E-state index in [9.17, 15) is 0 Å². The normalized spacial score (nSPS) is 11.7. The molecule has 0 saturated heterocycles. The van der Waals surface area contributed by atoms with Gasteiger partial charge in [-0.25, -0.2) is 0 Å². The highest BCUT2D eigenvalue weighted by Gasteiger charge is 2.26. The lowest BCUT2D eigenvalue weighted by molar-refractivity contribution is 0.324. The summed E-state index contributed by atoms with van der Waals surface area (Å²) in [5.74, 6) is 8.19. The van der Waals surface area contributed by atoms with Gasteiger partial charge in [-0.2, -0.15) is 0 Å². The second-order valence-corrected chi connectivity index (χ2v) is 21.6. The van der Waals surface area contributed by atoms with Gasteiger partial charge in [0.1, 0.15) is 0 Å². The summed E-state index contributed by atoms with van der Waals surface area (Å²) < 4.78 is 67.8. The molecule has 0 heterocycles. The summed E-state index contributed by atoms with van der Waals surface area (Å²) >= 11 is 0. The topological polar surface area (TPSA) is 111 Å². The molecule has 0 saturated carbocycles. The van der Waals surface area contributed by atoms with Crippen molar-refractivity contribution >= 4 is 0 Å². The first-order valence-corrected chi connectivity index (χ1v) is 29.5. The maximum atomic E-state index is 5.70. The van der Waals surface area contributed by atoms with Gasteiger partial charge in [-0.1, -0.05) is 97.1 Å². The molecular weight excluding hydrogens is 1080 g/mol. The second-order valence-electron chi connectivity index (χ2n) is 21.6. The number of benzene rings is 8. The lowest BCUT2D eigenvalue weighted by Crippen LogP contribution is -2.19. The summed E-state index contributed by atoms with van der Waals surface area (Å²) in [5, 5.41) is 0. The van der Waals surface area contributed by atoms with Crippen molar-refractivity contribution < 1.29 is 56.8 Å². The summed E-state index contributed by atoms with van der Waals surface area (Å²) in [7, 11) is 19.8. The number of hydrogen-bond acceptors (Lipinski definition) is 12. The van der Waals surface area contributed by atoms with Crippen LogP contribution in [0, 0.1) is 5.92 Å². The van der Waals surface area contributed by atoms with Crippen LogP contribution in [0.2, 0.25) is 0 Å². The molecule has 0 amide bonds. The van der Waals surface area contributed by atoms with Gasteiger partial charge in [0.25, 0.3) is 0 Å². The van der Waals surface area contributed by atoms with E-state index < -0.39 is 0 Å². The molecule has 86 heavy (non-hydrogen) atoms. The fourth-order valence-corrected chi connectivity index (χ4v) is 11.7. The van der Waals surface area contributed by atoms with Crippen molar-refractivity contribution in [3.8, 4) is 69.0 Å². The molecule has 0 aromatic heterocycles. The van der Waals surface area contributed by atoms with E-state index in [0.717, 1.165) is 99.3 Å². The quantitative estimate of drug-likeness (QED) is 0.0390. The molecule has 8 rings (SSSR count). The Bertz CT molecular complexity index is 3310. The molecule has 0 aliphatic carbocycles. The predicted octanol–water partition coefficient (Wildman–Crippen LogP) is 14.7. The molecule has 2 atom stereocenters. The highest BCUT2D eigenvalue weighted by molar-refractivity contribution is 5.57. The highest BCUT2D eigenvalue weighted by Crippen LogP contribution is 2.43. The second kappa shape index (κ2) is 31.5. The molecule has 8 aromatic rings. The van der Waals surface area contributed by atoms with E-state index >= 15 is 0 Å². The molecule has 454 valence electrons. The number of aryl methyl sites for hydroxylation is 9. The third-order valence-corrected chi connectivity index (χ3v) is 16.5. The van der Waals surface area contributed by atoms with E-state index in [1.807, 2.05) is 48.5 Å². The molecular formula is C74H86O12. The summed E-state index contributed by atoms with van der Waals surface area (Å²) in [6.45, 7) is 0. The molecule has 12 nitrogen and oxygen atoms in total. The SMILES string of the molecule is COc1cc(CCc2ccc(CC[C@@H](Cc3ccc(CCc4cc(OC)c(OC)c(OC)c4)cc3)[C@H](Cc3ccc(CCc4cc(OC)c(OC)c(OC)c4)cc3)c3ccc(CCc4cc(OC)c(OC)c(OC)c4)cc3)cc2)cc(OC)c1OC. The van der Waals surface area contributed by atoms with Crippen molar-refractivity contribution in [3.63, 3.8) is 0 Å². The van der Waals surface area contributed by atoms with Crippen molar-refractivity contribution in [2.24, 2.45) is 5.92 Å². The lowest BCUT2D eigenvalue weighted by Gasteiger charge is -2.29. The zero-order valence-corrected chi connectivity index (χ0v) is 52.4. The van der Waals surface area contributed by atoms with Gasteiger partial charge >= 0.3 is 0 Å². The lowest BCUT2D eigenvalue weighted by atomic mass is 9.75. The maximum Gasteiger partial charge on any atom is 0.203 e. The molecule has 0 aliphatic rings. The summed E-state index contributed by atoms with van der Waals surface area (Å²) in [6.07, 6.45) is 10.5. The van der Waals surface area contributed by atoms with E-state index in [0.29, 0.717) is 74.9 Å². The fraction of sp³-hybridized carbons (Fsp3) is 0.351. The van der Waals surface area contributed by atoms with Crippen LogP contribution in [0.15, 0.2) is 146 Å². The maximum absolute atomic E-state index is 5.70. The zero-order chi connectivity index (χ0) is 61.0. The molecule has 0 unspecified atom stereocenters. The molecule has 0 radical (unpaired) electrons. The van der Waals surface area contributed by atoms with Crippen LogP contribution in [-0.2, 0) is 70.6 Å². The van der Waals surface area contributed by atoms with Gasteiger partial charge in [-0.05, 0) is 204 Å². The van der Waals surface area contributed by atoms with Crippen LogP contribution in [0.4, 0.5) is 0 Å². The highest BCUT2D eigenvalue weighted by atomic mass is 16.5. The molecule has 0 N–H and O–H groups in total. The molecule has 0 bridgehead atoms. The number of methoxy groups -OCH3 is 12. The predicted molar refractivity (Wildman–Crippen MR) is 342 cm³/mol. The van der Waals surface area contributed by atoms with Crippen LogP contribution >= 0.6 is 0 Å². The van der Waals surface area contributed by atoms with Gasteiger partial charge < -0.3 is 56.8 Å². The van der Waals surface area contributed by atoms with E-state index in [1.165, 1.54) is 44.5 Å². The van der Waals surface area contributed by atoms with Crippen LogP contribution in [0.5, 0.6) is 69.0 Å². The summed E-state index contributed by atoms with van der Waals surface area (Å²) in [4.78, 5) is 0. The number of ether oxygens (including phenoxy) is 12. The third-order valence-electron chi connectivity index (χ3n) is 16.5. The average Bonchev–Trinajstić information content (AvgIpc) is 3.23. The largest absolute Gasteiger partial charge is 0.493 e. The average molecular weight is 1170 g/mol. The van der Waals surface area contributed by atoms with Crippen molar-refractivity contribution in [1.29, 1.82) is 0 Å². The third kappa shape index (κ3) is 16.2. The minimum absolute atomic E-state index is 0.210. The summed E-state index contributed by atoms with van der Waals surface area (Å²) in [5.41, 5.74) is 14.9. The van der Waals surface area contributed by atoms with Gasteiger partial charge in [-0.15, -0.1) is 0 Å². The van der Waals surface area contributed by atoms with Gasteiger partial charge in [-0.3, -0.25) is 0 Å². The van der Waals surface area contributed by atoms with Gasteiger partial charge in [0, 0.05) is 0 Å². The van der Waals surface area contributed by atoms with Gasteiger partial charge in [0.05, 0.1) is 85.3 Å². The fourth-order valence-electron chi connectivity index (χ4n) is 11.7. The Balaban J connectivity index is 1.08. The van der Waals surface area contributed by atoms with Crippen molar-refractivity contribution in [2.45, 2.75) is 83.0 Å². The summed E-state index contributed by atoms with van der Waals surface area (Å²) in [6, 6.07) is 53.5. The molecule has 0 fully saturated rings. The Morgan fingerprint density at radius 3 is 0.674 bits per heavy atom. The van der Waals surface area contributed by atoms with E-state index in [4.69, 9.17) is 56.8 Å². The van der Waals surface area contributed by atoms with Crippen LogP contribution in [0.3, 0.4) is 0 Å². The molecule has 8 aromatic carbocycles. The Morgan fingerprint density at radius 1 is 0.221 bits per heavy atom.